The topological polar surface area (TPSA) is 139 Å². The smallest absolute Gasteiger partial charge is 0.285 e. The van der Waals surface area contributed by atoms with E-state index in [0.717, 1.165) is 6.07 Å². The number of hydrazine groups is 1. The number of nitrogens with zero attached hydrogens (tertiary/aromatic N) is 1. The van der Waals surface area contributed by atoms with Gasteiger partial charge in [-0.3, -0.25) is 25.5 Å². The van der Waals surface area contributed by atoms with Gasteiger partial charge in [-0.1, -0.05) is 0 Å². The van der Waals surface area contributed by atoms with Crippen LogP contribution in [0.5, 0.6) is 0 Å². The van der Waals surface area contributed by atoms with Gasteiger partial charge in [0.1, 0.15) is 5.56 Å². The van der Waals surface area contributed by atoms with E-state index in [2.05, 4.69) is 10.6 Å². The van der Waals surface area contributed by atoms with Crippen molar-refractivity contribution in [1.29, 1.82) is 0 Å². The van der Waals surface area contributed by atoms with Crippen molar-refractivity contribution in [3.05, 3.63) is 33.6 Å². The second kappa shape index (κ2) is 7.14. The molecule has 1 aromatic rings. The Morgan fingerprint density at radius 3 is 2.48 bits per heavy atom. The summed E-state index contributed by atoms with van der Waals surface area (Å²) in [7, 11) is 0. The number of nitrogen functional groups attached to an aromatic ring is 1. The zero-order valence-corrected chi connectivity index (χ0v) is 11.1. The van der Waals surface area contributed by atoms with Crippen LogP contribution in [0.4, 0.5) is 15.8 Å². The van der Waals surface area contributed by atoms with E-state index in [1.54, 1.807) is 0 Å². The Kier molecular flexibility index (Phi) is 5.55. The number of rotatable bonds is 6. The van der Waals surface area contributed by atoms with E-state index in [0.29, 0.717) is 6.07 Å². The van der Waals surface area contributed by atoms with Gasteiger partial charge >= 0.3 is 0 Å². The molecule has 10 heteroatoms. The second-order valence-corrected chi connectivity index (χ2v) is 3.99. The normalized spacial score (nSPS) is 9.86. The molecule has 0 fully saturated rings. The summed E-state index contributed by atoms with van der Waals surface area (Å²) in [5, 5.41) is 15.7. The average molecular weight is 299 g/mol. The van der Waals surface area contributed by atoms with Crippen molar-refractivity contribution >= 4 is 23.2 Å². The number of hydrogen-bond acceptors (Lipinski definition) is 6. The van der Waals surface area contributed by atoms with Crippen LogP contribution in [-0.2, 0) is 4.79 Å². The third-order valence-electron chi connectivity index (χ3n) is 2.47. The van der Waals surface area contributed by atoms with Crippen LogP contribution in [-0.4, -0.2) is 29.8 Å². The molecule has 0 aromatic heterocycles. The van der Waals surface area contributed by atoms with Gasteiger partial charge in [0, 0.05) is 20.0 Å². The molecular weight excluding hydrogens is 285 g/mol. The molecule has 1 rings (SSSR count). The molecule has 1 aromatic carbocycles. The fraction of sp³-hybridized carbons (Fsp3) is 0.273. The van der Waals surface area contributed by atoms with Crippen molar-refractivity contribution in [2.45, 2.75) is 6.92 Å². The molecule has 0 unspecified atom stereocenters. The number of nitrogens with two attached hydrogens (primary N) is 1. The lowest BCUT2D eigenvalue weighted by Gasteiger charge is -2.08. The Hall–Kier alpha value is -2.75. The molecule has 2 amide bonds. The Morgan fingerprint density at radius 1 is 1.33 bits per heavy atom. The van der Waals surface area contributed by atoms with Crippen molar-refractivity contribution in [3.8, 4) is 0 Å². The van der Waals surface area contributed by atoms with Crippen molar-refractivity contribution in [1.82, 2.24) is 10.6 Å². The van der Waals surface area contributed by atoms with Gasteiger partial charge in [0.2, 0.25) is 5.91 Å². The van der Waals surface area contributed by atoms with Crippen LogP contribution in [0.25, 0.3) is 0 Å². The number of nitrogens with one attached hydrogen (secondary N) is 3. The molecule has 0 heterocycles. The maximum Gasteiger partial charge on any atom is 0.285 e. The van der Waals surface area contributed by atoms with Gasteiger partial charge in [0.25, 0.3) is 11.6 Å². The van der Waals surface area contributed by atoms with E-state index < -0.39 is 22.3 Å². The van der Waals surface area contributed by atoms with Crippen LogP contribution < -0.4 is 21.9 Å². The van der Waals surface area contributed by atoms with Crippen LogP contribution in [0.1, 0.15) is 17.3 Å². The highest BCUT2D eigenvalue weighted by molar-refractivity contribution is 5.99. The van der Waals surface area contributed by atoms with E-state index in [1.807, 2.05) is 5.43 Å². The summed E-state index contributed by atoms with van der Waals surface area (Å²) in [6.45, 7) is 1.54. The molecule has 0 bridgehead atoms. The first kappa shape index (κ1) is 16.3. The summed E-state index contributed by atoms with van der Waals surface area (Å²) in [5.74, 6) is 3.07. The lowest BCUT2D eigenvalue weighted by molar-refractivity contribution is -0.385. The minimum Gasteiger partial charge on any atom is -0.355 e. The Morgan fingerprint density at radius 2 is 1.95 bits per heavy atom. The van der Waals surface area contributed by atoms with Gasteiger partial charge in [-0.05, 0) is 6.07 Å². The SMILES string of the molecule is CC(=O)NCCNC(=O)c1cc(NN)c(F)cc1[N+](=O)[O-]. The number of halogens is 1. The number of amides is 2. The van der Waals surface area contributed by atoms with Gasteiger partial charge in [0.15, 0.2) is 5.82 Å². The van der Waals surface area contributed by atoms with E-state index in [4.69, 9.17) is 5.84 Å². The number of anilines is 1. The molecule has 0 aliphatic carbocycles. The second-order valence-electron chi connectivity index (χ2n) is 3.99. The summed E-state index contributed by atoms with van der Waals surface area (Å²) in [6.07, 6.45) is 0. The summed E-state index contributed by atoms with van der Waals surface area (Å²) in [6, 6.07) is 1.55. The van der Waals surface area contributed by atoms with Gasteiger partial charge in [0.05, 0.1) is 16.7 Å². The molecule has 9 nitrogen and oxygen atoms in total. The monoisotopic (exact) mass is 299 g/mol. The van der Waals surface area contributed by atoms with Gasteiger partial charge in [-0.15, -0.1) is 0 Å². The number of carbonyl (C=O) groups excluding carboxylic acids is 2. The molecule has 0 radical (unpaired) electrons. The third-order valence-corrected chi connectivity index (χ3v) is 2.47. The standard InChI is InChI=1S/C11H14FN5O4/c1-6(18)14-2-3-15-11(19)7-4-9(16-13)8(12)5-10(7)17(20)21/h4-5,16H,2-3,13H2,1H3,(H,14,18)(H,15,19). The predicted molar refractivity (Wildman–Crippen MR) is 71.9 cm³/mol. The quantitative estimate of drug-likeness (QED) is 0.250. The van der Waals surface area contributed by atoms with Crippen LogP contribution >= 0.6 is 0 Å². The average Bonchev–Trinajstić information content (AvgIpc) is 2.42. The van der Waals surface area contributed by atoms with Gasteiger partial charge in [-0.2, -0.15) is 0 Å². The molecule has 0 saturated heterocycles. The Balaban J connectivity index is 2.91. The zero-order valence-electron chi connectivity index (χ0n) is 11.1. The Labute approximate surface area is 118 Å². The Bertz CT molecular complexity index is 578. The first-order chi connectivity index (χ1) is 9.86. The molecule has 114 valence electrons. The summed E-state index contributed by atoms with van der Waals surface area (Å²) >= 11 is 0. The molecule has 0 atom stereocenters. The zero-order chi connectivity index (χ0) is 16.0. The van der Waals surface area contributed by atoms with Crippen LogP contribution in [0.15, 0.2) is 12.1 Å². The molecule has 0 spiro atoms. The maximum atomic E-state index is 13.4. The largest absolute Gasteiger partial charge is 0.355 e. The number of nitro benzene ring substituents is 1. The molecule has 0 aliphatic heterocycles. The number of nitro groups is 1. The van der Waals surface area contributed by atoms with Gasteiger partial charge in [-0.25, -0.2) is 4.39 Å². The maximum absolute atomic E-state index is 13.4. The molecular formula is C11H14FN5O4. The summed E-state index contributed by atoms with van der Waals surface area (Å²) in [5.41, 5.74) is 0.748. The van der Waals surface area contributed by atoms with Crippen molar-refractivity contribution in [2.24, 2.45) is 5.84 Å². The van der Waals surface area contributed by atoms with Crippen molar-refractivity contribution in [3.63, 3.8) is 0 Å². The number of carbonyl (C=O) groups is 2. The van der Waals surface area contributed by atoms with Crippen LogP contribution in [0.2, 0.25) is 0 Å². The molecule has 21 heavy (non-hydrogen) atoms. The lowest BCUT2D eigenvalue weighted by atomic mass is 10.1. The first-order valence-electron chi connectivity index (χ1n) is 5.84. The predicted octanol–water partition coefficient (Wildman–Crippen LogP) is -0.115. The fourth-order valence-corrected chi connectivity index (χ4v) is 1.52. The van der Waals surface area contributed by atoms with E-state index in [-0.39, 0.29) is 30.2 Å². The highest BCUT2D eigenvalue weighted by Crippen LogP contribution is 2.25. The minimum atomic E-state index is -0.945. The van der Waals surface area contributed by atoms with Crippen LogP contribution in [0.3, 0.4) is 0 Å². The number of benzene rings is 1. The minimum absolute atomic E-state index is 0.0678. The van der Waals surface area contributed by atoms with Gasteiger partial charge < -0.3 is 16.1 Å². The summed E-state index contributed by atoms with van der Waals surface area (Å²) < 4.78 is 13.4. The third kappa shape index (κ3) is 4.38. The molecule has 0 saturated carbocycles. The highest BCUT2D eigenvalue weighted by atomic mass is 19.1. The van der Waals surface area contributed by atoms with Crippen LogP contribution in [0, 0.1) is 15.9 Å². The van der Waals surface area contributed by atoms with E-state index in [9.17, 15) is 24.1 Å². The van der Waals surface area contributed by atoms with E-state index in [1.165, 1.54) is 6.92 Å². The summed E-state index contributed by atoms with van der Waals surface area (Å²) in [4.78, 5) is 32.5. The lowest BCUT2D eigenvalue weighted by Crippen LogP contribution is -2.34. The first-order valence-corrected chi connectivity index (χ1v) is 5.84. The van der Waals surface area contributed by atoms with Crippen molar-refractivity contribution in [2.75, 3.05) is 18.5 Å². The molecule has 0 aliphatic rings. The van der Waals surface area contributed by atoms with Crippen molar-refractivity contribution < 1.29 is 18.9 Å². The van der Waals surface area contributed by atoms with E-state index >= 15 is 0 Å². The highest BCUT2D eigenvalue weighted by Gasteiger charge is 2.23. The fourth-order valence-electron chi connectivity index (χ4n) is 1.52. The number of hydrogen-bond donors (Lipinski definition) is 4. The molecule has 5 N–H and O–H groups in total.